The van der Waals surface area contributed by atoms with E-state index in [2.05, 4.69) is 34.4 Å². The highest BCUT2D eigenvalue weighted by molar-refractivity contribution is 6.03. The number of nitrogens with one attached hydrogen (secondary N) is 2. The second-order valence-electron chi connectivity index (χ2n) is 6.52. The summed E-state index contributed by atoms with van der Waals surface area (Å²) in [5, 5.41) is 5.73. The van der Waals surface area contributed by atoms with Crippen LogP contribution in [0.5, 0.6) is 0 Å². The second-order valence-corrected chi connectivity index (χ2v) is 6.52. The minimum absolute atomic E-state index is 0.110. The van der Waals surface area contributed by atoms with Crippen LogP contribution in [-0.2, 0) is 0 Å². The van der Waals surface area contributed by atoms with Gasteiger partial charge in [0, 0.05) is 11.4 Å². The van der Waals surface area contributed by atoms with E-state index < -0.39 is 11.7 Å². The number of carbonyl (C=O) groups is 1. The zero-order valence-electron chi connectivity index (χ0n) is 15.5. The van der Waals surface area contributed by atoms with Gasteiger partial charge in [-0.1, -0.05) is 44.2 Å². The van der Waals surface area contributed by atoms with Crippen molar-refractivity contribution in [2.45, 2.75) is 26.7 Å². The molecule has 138 valence electrons. The first-order chi connectivity index (χ1) is 12.9. The molecule has 1 heterocycles. The van der Waals surface area contributed by atoms with Crippen molar-refractivity contribution >= 4 is 23.2 Å². The number of anilines is 3. The molecule has 0 saturated carbocycles. The zero-order valence-corrected chi connectivity index (χ0v) is 15.5. The average Bonchev–Trinajstić information content (AvgIpc) is 2.63. The van der Waals surface area contributed by atoms with Crippen molar-refractivity contribution in [1.29, 1.82) is 0 Å². The van der Waals surface area contributed by atoms with Gasteiger partial charge in [-0.3, -0.25) is 4.79 Å². The molecule has 1 aromatic heterocycles. The molecular formula is C21H21FN4O. The van der Waals surface area contributed by atoms with Crippen LogP contribution < -0.4 is 10.6 Å². The van der Waals surface area contributed by atoms with Crippen LogP contribution in [0.15, 0.2) is 54.6 Å². The number of rotatable bonds is 5. The summed E-state index contributed by atoms with van der Waals surface area (Å²) < 4.78 is 13.8. The number of amides is 1. The summed E-state index contributed by atoms with van der Waals surface area (Å²) in [5.74, 6) is -0.351. The number of aryl methyl sites for hydroxylation is 1. The summed E-state index contributed by atoms with van der Waals surface area (Å²) in [6.07, 6.45) is 0. The van der Waals surface area contributed by atoms with Crippen molar-refractivity contribution in [2.24, 2.45) is 0 Å². The minimum atomic E-state index is -0.499. The number of benzene rings is 2. The van der Waals surface area contributed by atoms with Gasteiger partial charge in [0.25, 0.3) is 5.91 Å². The van der Waals surface area contributed by atoms with E-state index in [1.54, 1.807) is 25.1 Å². The van der Waals surface area contributed by atoms with E-state index in [0.29, 0.717) is 17.6 Å². The Morgan fingerprint density at radius 2 is 1.67 bits per heavy atom. The summed E-state index contributed by atoms with van der Waals surface area (Å²) in [6, 6.07) is 15.5. The molecule has 3 rings (SSSR count). The zero-order chi connectivity index (χ0) is 19.4. The van der Waals surface area contributed by atoms with E-state index in [-0.39, 0.29) is 11.4 Å². The van der Waals surface area contributed by atoms with Gasteiger partial charge in [0.15, 0.2) is 0 Å². The van der Waals surface area contributed by atoms with Crippen molar-refractivity contribution < 1.29 is 9.18 Å². The summed E-state index contributed by atoms with van der Waals surface area (Å²) in [5.41, 5.74) is 2.92. The Hall–Kier alpha value is -3.28. The largest absolute Gasteiger partial charge is 0.324 e. The monoisotopic (exact) mass is 364 g/mol. The molecule has 2 N–H and O–H groups in total. The molecule has 0 aliphatic carbocycles. The lowest BCUT2D eigenvalue weighted by Gasteiger charge is -2.14. The van der Waals surface area contributed by atoms with E-state index in [4.69, 9.17) is 0 Å². The Kier molecular flexibility index (Phi) is 5.45. The van der Waals surface area contributed by atoms with E-state index in [9.17, 15) is 9.18 Å². The first-order valence-electron chi connectivity index (χ1n) is 8.71. The number of carbonyl (C=O) groups excluding carboxylic acids is 1. The van der Waals surface area contributed by atoms with Gasteiger partial charge in [-0.15, -0.1) is 0 Å². The van der Waals surface area contributed by atoms with Crippen molar-refractivity contribution in [3.8, 4) is 0 Å². The smallest absolute Gasteiger partial charge is 0.274 e. The Morgan fingerprint density at radius 3 is 2.37 bits per heavy atom. The van der Waals surface area contributed by atoms with Crippen LogP contribution in [0.3, 0.4) is 0 Å². The number of nitrogens with zero attached hydrogens (tertiary/aromatic N) is 2. The lowest BCUT2D eigenvalue weighted by molar-refractivity contribution is 0.102. The first-order valence-corrected chi connectivity index (χ1v) is 8.71. The highest BCUT2D eigenvalue weighted by Gasteiger charge is 2.14. The second kappa shape index (κ2) is 7.95. The van der Waals surface area contributed by atoms with Crippen molar-refractivity contribution in [2.75, 3.05) is 10.6 Å². The molecule has 0 radical (unpaired) electrons. The molecule has 2 aromatic carbocycles. The van der Waals surface area contributed by atoms with Crippen molar-refractivity contribution in [1.82, 2.24) is 9.97 Å². The van der Waals surface area contributed by atoms with Crippen LogP contribution in [0.4, 0.5) is 21.7 Å². The SMILES string of the molecule is Cc1cc(C(=O)Nc2ccccc2F)nc(Nc2ccccc2C(C)C)n1. The predicted octanol–water partition coefficient (Wildman–Crippen LogP) is 5.04. The predicted molar refractivity (Wildman–Crippen MR) is 105 cm³/mol. The van der Waals surface area contributed by atoms with Crippen LogP contribution in [0, 0.1) is 12.7 Å². The van der Waals surface area contributed by atoms with E-state index in [0.717, 1.165) is 11.3 Å². The van der Waals surface area contributed by atoms with Gasteiger partial charge in [0.2, 0.25) is 5.95 Å². The van der Waals surface area contributed by atoms with Crippen molar-refractivity contribution in [3.63, 3.8) is 0 Å². The third-order valence-electron chi connectivity index (χ3n) is 4.04. The van der Waals surface area contributed by atoms with Gasteiger partial charge in [0.1, 0.15) is 11.5 Å². The molecule has 1 amide bonds. The standard InChI is InChI=1S/C21H21FN4O/c1-13(2)15-8-4-6-10-17(15)25-21-23-14(3)12-19(26-21)20(27)24-18-11-7-5-9-16(18)22/h4-13H,1-3H3,(H,24,27)(H,23,25,26). The van der Waals surface area contributed by atoms with Crippen molar-refractivity contribution in [3.05, 3.63) is 77.4 Å². The van der Waals surface area contributed by atoms with Gasteiger partial charge >= 0.3 is 0 Å². The Bertz CT molecular complexity index is 972. The lowest BCUT2D eigenvalue weighted by Crippen LogP contribution is -2.16. The Balaban J connectivity index is 1.87. The maximum absolute atomic E-state index is 13.8. The Labute approximate surface area is 157 Å². The van der Waals surface area contributed by atoms with Gasteiger partial charge in [-0.2, -0.15) is 0 Å². The van der Waals surface area contributed by atoms with Crippen LogP contribution in [0.2, 0.25) is 0 Å². The van der Waals surface area contributed by atoms with Gasteiger partial charge in [-0.05, 0) is 42.7 Å². The highest BCUT2D eigenvalue weighted by Crippen LogP contribution is 2.26. The Morgan fingerprint density at radius 1 is 1.00 bits per heavy atom. The van der Waals surface area contributed by atoms with Gasteiger partial charge in [-0.25, -0.2) is 14.4 Å². The topological polar surface area (TPSA) is 66.9 Å². The molecule has 0 atom stereocenters. The van der Waals surface area contributed by atoms with Crippen LogP contribution in [-0.4, -0.2) is 15.9 Å². The minimum Gasteiger partial charge on any atom is -0.324 e. The summed E-state index contributed by atoms with van der Waals surface area (Å²) in [6.45, 7) is 5.98. The fourth-order valence-corrected chi connectivity index (χ4v) is 2.72. The number of aromatic nitrogens is 2. The van der Waals surface area contributed by atoms with E-state index >= 15 is 0 Å². The molecule has 0 aliphatic rings. The molecule has 27 heavy (non-hydrogen) atoms. The number of para-hydroxylation sites is 2. The van der Waals surface area contributed by atoms with Gasteiger partial charge < -0.3 is 10.6 Å². The first kappa shape index (κ1) is 18.5. The van der Waals surface area contributed by atoms with Gasteiger partial charge in [0.05, 0.1) is 5.69 Å². The maximum atomic E-state index is 13.8. The summed E-state index contributed by atoms with van der Waals surface area (Å²) in [4.78, 5) is 21.2. The lowest BCUT2D eigenvalue weighted by atomic mass is 10.0. The average molecular weight is 364 g/mol. The third kappa shape index (κ3) is 4.47. The third-order valence-corrected chi connectivity index (χ3v) is 4.04. The number of halogens is 1. The molecule has 0 spiro atoms. The molecule has 0 aliphatic heterocycles. The molecule has 0 saturated heterocycles. The normalized spacial score (nSPS) is 10.7. The molecular weight excluding hydrogens is 343 g/mol. The summed E-state index contributed by atoms with van der Waals surface area (Å²) in [7, 11) is 0. The van der Waals surface area contributed by atoms with E-state index in [1.165, 1.54) is 12.1 Å². The highest BCUT2D eigenvalue weighted by atomic mass is 19.1. The molecule has 0 fully saturated rings. The molecule has 6 heteroatoms. The number of hydrogen-bond acceptors (Lipinski definition) is 4. The number of hydrogen-bond donors (Lipinski definition) is 2. The van der Waals surface area contributed by atoms with E-state index in [1.807, 2.05) is 24.3 Å². The molecule has 0 unspecified atom stereocenters. The summed E-state index contributed by atoms with van der Waals surface area (Å²) >= 11 is 0. The fraction of sp³-hybridized carbons (Fsp3) is 0.190. The molecule has 0 bridgehead atoms. The quantitative estimate of drug-likeness (QED) is 0.665. The molecule has 5 nitrogen and oxygen atoms in total. The fourth-order valence-electron chi connectivity index (χ4n) is 2.72. The van der Waals surface area contributed by atoms with Crippen LogP contribution >= 0.6 is 0 Å². The van der Waals surface area contributed by atoms with Crippen LogP contribution in [0.25, 0.3) is 0 Å². The molecule has 3 aromatic rings. The van der Waals surface area contributed by atoms with Crippen LogP contribution in [0.1, 0.15) is 41.5 Å². The maximum Gasteiger partial charge on any atom is 0.274 e.